The number of aliphatic hydroxyl groups excluding tert-OH is 1. The van der Waals surface area contributed by atoms with Crippen LogP contribution in [0.1, 0.15) is 41.9 Å². The van der Waals surface area contributed by atoms with E-state index in [0.29, 0.717) is 35.2 Å². The molecule has 190 valence electrons. The molecular weight excluding hydrogens is 467 g/mol. The zero-order chi connectivity index (χ0) is 26.0. The number of methoxy groups -OCH3 is 1. The minimum absolute atomic E-state index is 0.0130. The Morgan fingerprint density at radius 2 is 1.97 bits per heavy atom. The predicted molar refractivity (Wildman–Crippen MR) is 133 cm³/mol. The second-order valence-corrected chi connectivity index (χ2v) is 9.22. The van der Waals surface area contributed by atoms with Crippen molar-refractivity contribution < 1.29 is 28.9 Å². The van der Waals surface area contributed by atoms with Gasteiger partial charge in [0, 0.05) is 36.7 Å². The molecule has 1 fully saturated rings. The lowest BCUT2D eigenvalue weighted by molar-refractivity contribution is -0.0550. The quantitative estimate of drug-likeness (QED) is 0.203. The number of carbonyl (C=O) groups is 1. The third kappa shape index (κ3) is 5.09. The molecule has 2 heterocycles. The molecule has 0 radical (unpaired) electrons. The Balaban J connectivity index is 1.49. The first-order chi connectivity index (χ1) is 17.1. The van der Waals surface area contributed by atoms with Crippen LogP contribution in [0.5, 0.6) is 5.75 Å². The number of amides is 1. The molecule has 10 heteroatoms. The number of rotatable bonds is 9. The summed E-state index contributed by atoms with van der Waals surface area (Å²) in [7, 11) is 1.52. The maximum Gasteiger partial charge on any atom is 0.254 e. The van der Waals surface area contributed by atoms with Gasteiger partial charge in [0.2, 0.25) is 0 Å². The van der Waals surface area contributed by atoms with Crippen LogP contribution in [0.25, 0.3) is 16.7 Å². The second kappa shape index (κ2) is 10.1. The monoisotopic (exact) mass is 496 g/mol. The number of hydrogen-bond acceptors (Lipinski definition) is 7. The molecule has 9 nitrogen and oxygen atoms in total. The van der Waals surface area contributed by atoms with Crippen LogP contribution in [0.15, 0.2) is 42.5 Å². The van der Waals surface area contributed by atoms with Crippen molar-refractivity contribution in [3.63, 3.8) is 0 Å². The van der Waals surface area contributed by atoms with Crippen LogP contribution in [0.4, 0.5) is 4.39 Å². The molecule has 0 spiro atoms. The van der Waals surface area contributed by atoms with Gasteiger partial charge in [-0.05, 0) is 44.0 Å². The van der Waals surface area contributed by atoms with Gasteiger partial charge < -0.3 is 30.0 Å². The molecule has 4 N–H and O–H groups in total. The number of aliphatic hydroxyl groups is 2. The van der Waals surface area contributed by atoms with Gasteiger partial charge in [0.1, 0.15) is 18.1 Å². The van der Waals surface area contributed by atoms with Gasteiger partial charge in [0.05, 0.1) is 29.5 Å². The largest absolute Gasteiger partial charge is 0.506 e. The first-order valence-corrected chi connectivity index (χ1v) is 11.5. The Morgan fingerprint density at radius 3 is 2.58 bits per heavy atom. The fourth-order valence-electron chi connectivity index (χ4n) is 4.17. The molecule has 1 amide bonds. The van der Waals surface area contributed by atoms with Crippen molar-refractivity contribution in [1.29, 1.82) is 5.41 Å². The summed E-state index contributed by atoms with van der Waals surface area (Å²) >= 11 is 0. The third-order valence-electron chi connectivity index (χ3n) is 6.22. The van der Waals surface area contributed by atoms with Crippen molar-refractivity contribution in [3.8, 4) is 5.75 Å². The fourth-order valence-corrected chi connectivity index (χ4v) is 4.17. The number of hydrogen-bond donors (Lipinski definition) is 4. The Hall–Kier alpha value is -3.76. The average molecular weight is 497 g/mol. The Kier molecular flexibility index (Phi) is 7.09. The molecular formula is C26H29FN4O5. The fraction of sp³-hybridized carbons (Fsp3) is 0.346. The van der Waals surface area contributed by atoms with E-state index in [1.807, 2.05) is 0 Å². The Bertz CT molecular complexity index is 1310. The average Bonchev–Trinajstić information content (AvgIpc) is 3.20. The molecule has 2 aromatic carbocycles. The van der Waals surface area contributed by atoms with Crippen LogP contribution in [0.3, 0.4) is 0 Å². The maximum atomic E-state index is 14.5. The number of allylic oxidation sites excluding steroid dienone is 1. The van der Waals surface area contributed by atoms with Crippen molar-refractivity contribution in [1.82, 2.24) is 15.1 Å². The topological polar surface area (TPSA) is 132 Å². The maximum absolute atomic E-state index is 14.5. The number of nitrogens with one attached hydrogen (secondary N) is 2. The number of benzene rings is 2. The molecule has 0 unspecified atom stereocenters. The number of halogens is 1. The number of likely N-dealkylation sites (tertiary alicyclic amines) is 1. The van der Waals surface area contributed by atoms with Crippen LogP contribution in [-0.4, -0.2) is 75.4 Å². The van der Waals surface area contributed by atoms with Crippen LogP contribution < -0.4 is 4.74 Å². The third-order valence-corrected chi connectivity index (χ3v) is 6.22. The highest BCUT2D eigenvalue weighted by Crippen LogP contribution is 2.30. The lowest BCUT2D eigenvalue weighted by Gasteiger charge is -2.47. The highest BCUT2D eigenvalue weighted by Gasteiger charge is 2.41. The number of H-pyrrole nitrogens is 1. The number of fused-ring (bicyclic) bond motifs is 1. The number of carbonyl (C=O) groups excluding carboxylic acids is 1. The summed E-state index contributed by atoms with van der Waals surface area (Å²) in [6.07, 6.45) is 1.96. The summed E-state index contributed by atoms with van der Waals surface area (Å²) in [5, 5.41) is 36.3. The van der Waals surface area contributed by atoms with E-state index in [1.165, 1.54) is 25.3 Å². The molecule has 1 saturated heterocycles. The number of aromatic amines is 1. The van der Waals surface area contributed by atoms with Crippen LogP contribution in [-0.2, 0) is 4.74 Å². The predicted octanol–water partition coefficient (Wildman–Crippen LogP) is 3.68. The van der Waals surface area contributed by atoms with Gasteiger partial charge in [0.15, 0.2) is 11.6 Å². The zero-order valence-electron chi connectivity index (χ0n) is 20.3. The highest BCUT2D eigenvalue weighted by atomic mass is 19.1. The van der Waals surface area contributed by atoms with Crippen molar-refractivity contribution in [2.45, 2.75) is 31.9 Å². The molecule has 1 atom stereocenters. The van der Waals surface area contributed by atoms with E-state index < -0.39 is 11.4 Å². The van der Waals surface area contributed by atoms with Gasteiger partial charge in [-0.25, -0.2) is 4.39 Å². The van der Waals surface area contributed by atoms with Crippen molar-refractivity contribution in [3.05, 3.63) is 65.1 Å². The molecule has 36 heavy (non-hydrogen) atoms. The first kappa shape index (κ1) is 25.3. The molecule has 0 aliphatic carbocycles. The number of nitrogens with zero attached hydrogens (tertiary/aromatic N) is 2. The summed E-state index contributed by atoms with van der Waals surface area (Å²) in [6.45, 7) is 4.46. The lowest BCUT2D eigenvalue weighted by atomic mass is 9.87. The van der Waals surface area contributed by atoms with Crippen LogP contribution in [0.2, 0.25) is 0 Å². The molecule has 1 aliphatic heterocycles. The van der Waals surface area contributed by atoms with Crippen LogP contribution >= 0.6 is 0 Å². The molecule has 1 aliphatic rings. The van der Waals surface area contributed by atoms with Gasteiger partial charge in [-0.2, -0.15) is 5.10 Å². The van der Waals surface area contributed by atoms with E-state index in [1.54, 1.807) is 43.0 Å². The molecule has 0 bridgehead atoms. The van der Waals surface area contributed by atoms with Crippen molar-refractivity contribution in [2.24, 2.45) is 0 Å². The minimum atomic E-state index is -0.976. The Morgan fingerprint density at radius 1 is 1.28 bits per heavy atom. The van der Waals surface area contributed by atoms with E-state index in [0.717, 1.165) is 6.42 Å². The lowest BCUT2D eigenvalue weighted by Crippen LogP contribution is -2.60. The van der Waals surface area contributed by atoms with Gasteiger partial charge in [-0.15, -0.1) is 0 Å². The molecule has 1 aromatic heterocycles. The summed E-state index contributed by atoms with van der Waals surface area (Å²) in [4.78, 5) is 14.4. The highest BCUT2D eigenvalue weighted by molar-refractivity contribution is 6.10. The summed E-state index contributed by atoms with van der Waals surface area (Å²) in [6, 6.07) is 8.88. The van der Waals surface area contributed by atoms with E-state index in [-0.39, 0.29) is 41.5 Å². The summed E-state index contributed by atoms with van der Waals surface area (Å²) in [5.41, 5.74) is 0.492. The Labute approximate surface area is 207 Å². The van der Waals surface area contributed by atoms with Gasteiger partial charge in [-0.3, -0.25) is 9.89 Å². The standard InChI is InChI=1S/C26H29FN4O5/c1-26(2,34)23-8-9-31(23)25(33)16-6-4-15(5-7-16)19(28)13-21(32)24-17-12-18(27)22(36-11-10-35-3)14-20(17)29-30-24/h4-7,12-14,23,28,32,34H,8-11H2,1-3H3,(H,29,30)/b21-13-,28-19?/t23-/m0/s1. The molecule has 4 rings (SSSR count). The number of ether oxygens (including phenoxy) is 2. The summed E-state index contributed by atoms with van der Waals surface area (Å²) in [5.74, 6) is -1.07. The zero-order valence-corrected chi connectivity index (χ0v) is 20.3. The smallest absolute Gasteiger partial charge is 0.254 e. The van der Waals surface area contributed by atoms with Gasteiger partial charge in [0.25, 0.3) is 5.91 Å². The van der Waals surface area contributed by atoms with Crippen LogP contribution in [0, 0.1) is 11.2 Å². The van der Waals surface area contributed by atoms with Crippen molar-refractivity contribution >= 4 is 28.3 Å². The number of aromatic nitrogens is 2. The van der Waals surface area contributed by atoms with Gasteiger partial charge >= 0.3 is 0 Å². The van der Waals surface area contributed by atoms with E-state index in [4.69, 9.17) is 14.9 Å². The summed E-state index contributed by atoms with van der Waals surface area (Å²) < 4.78 is 24.7. The van der Waals surface area contributed by atoms with E-state index in [9.17, 15) is 19.4 Å². The first-order valence-electron chi connectivity index (χ1n) is 11.5. The second-order valence-electron chi connectivity index (χ2n) is 9.22. The van der Waals surface area contributed by atoms with E-state index >= 15 is 0 Å². The normalized spacial score (nSPS) is 16.2. The molecule has 0 saturated carbocycles. The van der Waals surface area contributed by atoms with Gasteiger partial charge in [-0.1, -0.05) is 12.1 Å². The molecule has 3 aromatic rings. The minimum Gasteiger partial charge on any atom is -0.506 e. The van der Waals surface area contributed by atoms with Crippen molar-refractivity contribution in [2.75, 3.05) is 26.9 Å². The van der Waals surface area contributed by atoms with E-state index in [2.05, 4.69) is 10.2 Å². The SMILES string of the molecule is COCCOc1cc2[nH]nc(/C(O)=C/C(=N)c3ccc(C(=O)N4CC[C@H]4C(C)(C)O)cc3)c2cc1F.